The Morgan fingerprint density at radius 1 is 1.55 bits per heavy atom. The summed E-state index contributed by atoms with van der Waals surface area (Å²) in [5, 5.41) is 6.88. The Kier molecular flexibility index (Phi) is 4.12. The molecule has 3 N–H and O–H groups in total. The molecule has 0 atom stereocenters. The summed E-state index contributed by atoms with van der Waals surface area (Å²) >= 11 is 0. The first-order chi connectivity index (χ1) is 9.54. The van der Waals surface area contributed by atoms with Crippen LogP contribution < -0.4 is 5.73 Å². The number of nitrogen functional groups attached to an aromatic ring is 1. The predicted molar refractivity (Wildman–Crippen MR) is 76.2 cm³/mol. The molecule has 2 aromatic heterocycles. The summed E-state index contributed by atoms with van der Waals surface area (Å²) in [5.41, 5.74) is 8.51. The van der Waals surface area contributed by atoms with Crippen LogP contribution in [0.5, 0.6) is 0 Å². The normalized spacial score (nSPS) is 10.8. The molecular weight excluding hydrogens is 256 g/mol. The minimum atomic E-state index is -0.193. The second kappa shape index (κ2) is 5.81. The van der Waals surface area contributed by atoms with E-state index in [4.69, 9.17) is 10.2 Å². The average Bonchev–Trinajstić information content (AvgIpc) is 2.97. The molecule has 20 heavy (non-hydrogen) atoms. The highest BCUT2D eigenvalue weighted by Gasteiger charge is 2.21. The molecule has 2 rings (SSSR count). The molecule has 2 aromatic rings. The zero-order valence-corrected chi connectivity index (χ0v) is 12.1. The van der Waals surface area contributed by atoms with Gasteiger partial charge in [-0.2, -0.15) is 5.10 Å². The lowest BCUT2D eigenvalue weighted by atomic mass is 10.2. The van der Waals surface area contributed by atoms with E-state index in [2.05, 4.69) is 17.1 Å². The highest BCUT2D eigenvalue weighted by molar-refractivity contribution is 5.97. The van der Waals surface area contributed by atoms with Crippen LogP contribution in [-0.4, -0.2) is 28.1 Å². The number of nitrogens with two attached hydrogens (primary N) is 1. The molecule has 108 valence electrons. The van der Waals surface area contributed by atoms with Gasteiger partial charge in [0.2, 0.25) is 0 Å². The molecule has 0 bridgehead atoms. The molecule has 0 radical (unpaired) electrons. The van der Waals surface area contributed by atoms with Gasteiger partial charge in [-0.25, -0.2) is 0 Å². The summed E-state index contributed by atoms with van der Waals surface area (Å²) in [6.07, 6.45) is 3.35. The van der Waals surface area contributed by atoms with Crippen molar-refractivity contribution in [3.8, 4) is 0 Å². The van der Waals surface area contributed by atoms with Crippen LogP contribution in [0.1, 0.15) is 40.9 Å². The van der Waals surface area contributed by atoms with Gasteiger partial charge in [0, 0.05) is 19.2 Å². The van der Waals surface area contributed by atoms with Crippen LogP contribution in [0, 0.1) is 6.92 Å². The minimum Gasteiger partial charge on any atom is -0.469 e. The molecule has 6 nitrogen and oxygen atoms in total. The molecule has 0 aliphatic carbocycles. The van der Waals surface area contributed by atoms with Crippen molar-refractivity contribution in [1.82, 2.24) is 15.1 Å². The Morgan fingerprint density at radius 3 is 2.90 bits per heavy atom. The summed E-state index contributed by atoms with van der Waals surface area (Å²) < 4.78 is 5.23. The topological polar surface area (TPSA) is 88.2 Å². The van der Waals surface area contributed by atoms with Crippen LogP contribution in [0.3, 0.4) is 0 Å². The maximum Gasteiger partial charge on any atom is 0.276 e. The van der Waals surface area contributed by atoms with Crippen molar-refractivity contribution < 1.29 is 9.21 Å². The van der Waals surface area contributed by atoms with Crippen molar-refractivity contribution in [3.05, 3.63) is 35.0 Å². The lowest BCUT2D eigenvalue weighted by Crippen LogP contribution is -2.27. The van der Waals surface area contributed by atoms with Crippen LogP contribution in [0.4, 0.5) is 5.69 Å². The number of H-pyrrole nitrogens is 1. The van der Waals surface area contributed by atoms with Crippen molar-refractivity contribution in [2.24, 2.45) is 0 Å². The quantitative estimate of drug-likeness (QED) is 0.875. The molecule has 0 aliphatic rings. The number of hydrogen-bond acceptors (Lipinski definition) is 4. The van der Waals surface area contributed by atoms with Gasteiger partial charge in [0.25, 0.3) is 5.91 Å². The van der Waals surface area contributed by atoms with Crippen molar-refractivity contribution in [2.75, 3.05) is 12.8 Å². The molecule has 6 heteroatoms. The van der Waals surface area contributed by atoms with E-state index in [1.165, 1.54) is 0 Å². The summed E-state index contributed by atoms with van der Waals surface area (Å²) in [6, 6.07) is 1.86. The smallest absolute Gasteiger partial charge is 0.276 e. The van der Waals surface area contributed by atoms with Crippen LogP contribution in [0.15, 0.2) is 16.7 Å². The molecule has 0 saturated carbocycles. The average molecular weight is 276 g/mol. The van der Waals surface area contributed by atoms with Crippen LogP contribution in [0.25, 0.3) is 0 Å². The Labute approximate surface area is 117 Å². The Hall–Kier alpha value is -2.24. The van der Waals surface area contributed by atoms with Gasteiger partial charge in [-0.1, -0.05) is 13.3 Å². The number of nitrogens with one attached hydrogen (secondary N) is 1. The number of amides is 1. The summed E-state index contributed by atoms with van der Waals surface area (Å²) in [6.45, 7) is 4.39. The lowest BCUT2D eigenvalue weighted by Gasteiger charge is -2.15. The number of furan rings is 1. The van der Waals surface area contributed by atoms with Crippen molar-refractivity contribution in [3.63, 3.8) is 0 Å². The molecule has 2 heterocycles. The zero-order chi connectivity index (χ0) is 14.7. The summed E-state index contributed by atoms with van der Waals surface area (Å²) in [5.74, 6) is 0.619. The summed E-state index contributed by atoms with van der Waals surface area (Å²) in [4.78, 5) is 13.9. The number of rotatable bonds is 5. The van der Waals surface area contributed by atoms with E-state index in [1.807, 2.05) is 13.0 Å². The Balaban J connectivity index is 2.12. The fourth-order valence-corrected chi connectivity index (χ4v) is 2.07. The number of nitrogens with zero attached hydrogens (tertiary/aromatic N) is 2. The number of aromatic nitrogens is 2. The van der Waals surface area contributed by atoms with E-state index in [9.17, 15) is 4.79 Å². The van der Waals surface area contributed by atoms with Gasteiger partial charge >= 0.3 is 0 Å². The molecule has 0 saturated heterocycles. The van der Waals surface area contributed by atoms with Crippen LogP contribution >= 0.6 is 0 Å². The number of carbonyl (C=O) groups is 1. The van der Waals surface area contributed by atoms with Crippen molar-refractivity contribution in [2.45, 2.75) is 33.2 Å². The number of anilines is 1. The van der Waals surface area contributed by atoms with E-state index < -0.39 is 0 Å². The van der Waals surface area contributed by atoms with Crippen molar-refractivity contribution in [1.29, 1.82) is 0 Å². The molecular formula is C14H20N4O2. The van der Waals surface area contributed by atoms with Gasteiger partial charge < -0.3 is 15.1 Å². The standard InChI is InChI=1S/C14H20N4O2/c1-4-5-11-12(15)13(17-16-11)14(19)18(3)8-10-6-7-20-9(10)2/h6-7H,4-5,8,15H2,1-3H3,(H,16,17). The maximum absolute atomic E-state index is 12.4. The third-order valence-electron chi connectivity index (χ3n) is 3.31. The fraction of sp³-hybridized carbons (Fsp3) is 0.429. The van der Waals surface area contributed by atoms with Gasteiger partial charge in [0.05, 0.1) is 17.6 Å². The van der Waals surface area contributed by atoms with E-state index in [1.54, 1.807) is 18.2 Å². The van der Waals surface area contributed by atoms with Gasteiger partial charge in [-0.05, 0) is 19.4 Å². The van der Waals surface area contributed by atoms with Crippen LogP contribution in [-0.2, 0) is 13.0 Å². The second-order valence-electron chi connectivity index (χ2n) is 4.88. The molecule has 1 amide bonds. The summed E-state index contributed by atoms with van der Waals surface area (Å²) in [7, 11) is 1.72. The predicted octanol–water partition coefficient (Wildman–Crippen LogP) is 2.12. The molecule has 0 spiro atoms. The monoisotopic (exact) mass is 276 g/mol. The van der Waals surface area contributed by atoms with E-state index in [0.29, 0.717) is 12.2 Å². The van der Waals surface area contributed by atoms with Gasteiger partial charge in [-0.3, -0.25) is 9.89 Å². The third-order valence-corrected chi connectivity index (χ3v) is 3.31. The van der Waals surface area contributed by atoms with E-state index in [-0.39, 0.29) is 11.6 Å². The largest absolute Gasteiger partial charge is 0.469 e. The molecule has 0 unspecified atom stereocenters. The fourth-order valence-electron chi connectivity index (χ4n) is 2.07. The van der Waals surface area contributed by atoms with Gasteiger partial charge in [0.15, 0.2) is 5.69 Å². The molecule has 0 aromatic carbocycles. The number of carbonyl (C=O) groups excluding carboxylic acids is 1. The van der Waals surface area contributed by atoms with E-state index >= 15 is 0 Å². The number of aryl methyl sites for hydroxylation is 2. The number of aromatic amines is 1. The molecule has 0 fully saturated rings. The zero-order valence-electron chi connectivity index (χ0n) is 12.1. The second-order valence-corrected chi connectivity index (χ2v) is 4.88. The highest BCUT2D eigenvalue weighted by Crippen LogP contribution is 2.18. The van der Waals surface area contributed by atoms with Crippen molar-refractivity contribution >= 4 is 11.6 Å². The van der Waals surface area contributed by atoms with Gasteiger partial charge in [0.1, 0.15) is 5.76 Å². The first-order valence-corrected chi connectivity index (χ1v) is 6.65. The van der Waals surface area contributed by atoms with Gasteiger partial charge in [-0.15, -0.1) is 0 Å². The first-order valence-electron chi connectivity index (χ1n) is 6.65. The first kappa shape index (κ1) is 14.2. The Morgan fingerprint density at radius 2 is 2.30 bits per heavy atom. The third kappa shape index (κ3) is 2.68. The van der Waals surface area contributed by atoms with E-state index in [0.717, 1.165) is 29.9 Å². The maximum atomic E-state index is 12.4. The SMILES string of the molecule is CCCc1[nH]nc(C(=O)N(C)Cc2ccoc2C)c1N. The minimum absolute atomic E-state index is 0.193. The highest BCUT2D eigenvalue weighted by atomic mass is 16.3. The molecule has 0 aliphatic heterocycles. The Bertz CT molecular complexity index is 600. The van der Waals surface area contributed by atoms with Crippen LogP contribution in [0.2, 0.25) is 0 Å². The number of hydrogen-bond donors (Lipinski definition) is 2. The lowest BCUT2D eigenvalue weighted by molar-refractivity contribution is 0.0780.